The Hall–Kier alpha value is -3.40. The minimum absolute atomic E-state index is 0.122. The highest BCUT2D eigenvalue weighted by Gasteiger charge is 2.26. The first-order valence-electron chi connectivity index (χ1n) is 11.3. The Morgan fingerprint density at radius 1 is 0.971 bits per heavy atom. The normalized spacial score (nSPS) is 15.2. The van der Waals surface area contributed by atoms with Crippen LogP contribution in [0.2, 0.25) is 0 Å². The Kier molecular flexibility index (Phi) is 8.02. The van der Waals surface area contributed by atoms with Gasteiger partial charge in [-0.25, -0.2) is 8.42 Å². The number of rotatable bonds is 9. The summed E-state index contributed by atoms with van der Waals surface area (Å²) in [6.07, 6.45) is -0.800. The van der Waals surface area contributed by atoms with Crippen LogP contribution in [0.3, 0.4) is 0 Å². The van der Waals surface area contributed by atoms with E-state index < -0.39 is 22.0 Å². The Morgan fingerprint density at radius 2 is 1.66 bits per heavy atom. The van der Waals surface area contributed by atoms with Gasteiger partial charge >= 0.3 is 0 Å². The van der Waals surface area contributed by atoms with E-state index in [0.29, 0.717) is 50.1 Å². The number of sulfonamides is 1. The monoisotopic (exact) mass is 496 g/mol. The van der Waals surface area contributed by atoms with Crippen molar-refractivity contribution in [3.63, 3.8) is 0 Å². The summed E-state index contributed by atoms with van der Waals surface area (Å²) in [4.78, 5) is 12.8. The molecule has 0 saturated carbocycles. The molecule has 9 heteroatoms. The Morgan fingerprint density at radius 3 is 2.37 bits per heavy atom. The maximum Gasteiger partial charge on any atom is 0.265 e. The number of nitrogens with one attached hydrogen (secondary N) is 1. The molecule has 0 spiro atoms. The zero-order valence-electron chi connectivity index (χ0n) is 19.4. The standard InChI is InChI=1S/C26H28N2O6S/c1-20(34-24-12-10-23(11-13-24)33-19-21-6-3-2-4-7-21)26(29)27-22-8-5-9-25(18-22)35(30,31)28-14-16-32-17-15-28/h2-13,18,20H,14-17,19H2,1H3,(H,27,29)/t20-/m0/s1. The molecule has 8 nitrogen and oxygen atoms in total. The van der Waals surface area contributed by atoms with Crippen LogP contribution in [0.15, 0.2) is 83.8 Å². The fourth-order valence-electron chi connectivity index (χ4n) is 3.53. The fraction of sp³-hybridized carbons (Fsp3) is 0.269. The number of benzene rings is 3. The Balaban J connectivity index is 1.32. The number of hydrogen-bond acceptors (Lipinski definition) is 6. The molecule has 1 atom stereocenters. The van der Waals surface area contributed by atoms with Crippen LogP contribution in [0.5, 0.6) is 11.5 Å². The van der Waals surface area contributed by atoms with Gasteiger partial charge in [-0.1, -0.05) is 36.4 Å². The highest BCUT2D eigenvalue weighted by Crippen LogP contribution is 2.22. The van der Waals surface area contributed by atoms with Crippen molar-refractivity contribution in [2.24, 2.45) is 0 Å². The van der Waals surface area contributed by atoms with Crippen molar-refractivity contribution in [3.8, 4) is 11.5 Å². The van der Waals surface area contributed by atoms with Crippen molar-refractivity contribution < 1.29 is 27.4 Å². The maximum absolute atomic E-state index is 12.9. The van der Waals surface area contributed by atoms with E-state index in [1.807, 2.05) is 30.3 Å². The van der Waals surface area contributed by atoms with E-state index in [4.69, 9.17) is 14.2 Å². The van der Waals surface area contributed by atoms with E-state index in [9.17, 15) is 13.2 Å². The number of amides is 1. The van der Waals surface area contributed by atoms with E-state index in [0.717, 1.165) is 5.56 Å². The van der Waals surface area contributed by atoms with Gasteiger partial charge in [-0.3, -0.25) is 4.79 Å². The molecule has 1 amide bonds. The van der Waals surface area contributed by atoms with Crippen molar-refractivity contribution in [2.45, 2.75) is 24.5 Å². The summed E-state index contributed by atoms with van der Waals surface area (Å²) < 4.78 is 43.9. The zero-order chi connectivity index (χ0) is 24.7. The summed E-state index contributed by atoms with van der Waals surface area (Å²) in [5.41, 5.74) is 1.45. The van der Waals surface area contributed by atoms with Gasteiger partial charge in [0.05, 0.1) is 18.1 Å². The second kappa shape index (κ2) is 11.4. The molecule has 0 bridgehead atoms. The summed E-state index contributed by atoms with van der Waals surface area (Å²) in [5.74, 6) is 0.815. The van der Waals surface area contributed by atoms with Gasteiger partial charge in [-0.2, -0.15) is 4.31 Å². The largest absolute Gasteiger partial charge is 0.489 e. The number of hydrogen-bond donors (Lipinski definition) is 1. The van der Waals surface area contributed by atoms with Crippen LogP contribution in [0.1, 0.15) is 12.5 Å². The lowest BCUT2D eigenvalue weighted by Gasteiger charge is -2.26. The molecule has 0 aromatic heterocycles. The third-order valence-electron chi connectivity index (χ3n) is 5.46. The highest BCUT2D eigenvalue weighted by molar-refractivity contribution is 7.89. The molecule has 3 aromatic carbocycles. The van der Waals surface area contributed by atoms with Crippen LogP contribution in [0.4, 0.5) is 5.69 Å². The molecular formula is C26H28N2O6S. The maximum atomic E-state index is 12.9. The molecule has 1 aliphatic rings. The molecule has 0 radical (unpaired) electrons. The number of anilines is 1. The summed E-state index contributed by atoms with van der Waals surface area (Å²) in [5, 5.41) is 2.73. The number of ether oxygens (including phenoxy) is 3. The predicted octanol–water partition coefficient (Wildman–Crippen LogP) is 3.69. The minimum atomic E-state index is -3.66. The van der Waals surface area contributed by atoms with E-state index in [1.54, 1.807) is 43.3 Å². The molecule has 4 rings (SSSR count). The van der Waals surface area contributed by atoms with Gasteiger partial charge in [-0.15, -0.1) is 0 Å². The van der Waals surface area contributed by atoms with E-state index >= 15 is 0 Å². The molecule has 3 aromatic rings. The lowest BCUT2D eigenvalue weighted by molar-refractivity contribution is -0.122. The van der Waals surface area contributed by atoms with Gasteiger partial charge < -0.3 is 19.5 Å². The summed E-state index contributed by atoms with van der Waals surface area (Å²) in [6, 6.07) is 23.1. The average molecular weight is 497 g/mol. The molecule has 1 fully saturated rings. The smallest absolute Gasteiger partial charge is 0.265 e. The van der Waals surface area contributed by atoms with Crippen LogP contribution in [0.25, 0.3) is 0 Å². The number of morpholine rings is 1. The van der Waals surface area contributed by atoms with Crippen LogP contribution < -0.4 is 14.8 Å². The SMILES string of the molecule is C[C@H](Oc1ccc(OCc2ccccc2)cc1)C(=O)Nc1cccc(S(=O)(=O)N2CCOCC2)c1. The van der Waals surface area contributed by atoms with Gasteiger partial charge in [0.25, 0.3) is 5.91 Å². The van der Waals surface area contributed by atoms with Crippen LogP contribution in [-0.2, 0) is 26.2 Å². The lowest BCUT2D eigenvalue weighted by Crippen LogP contribution is -2.40. The van der Waals surface area contributed by atoms with Crippen LogP contribution in [0, 0.1) is 0 Å². The van der Waals surface area contributed by atoms with Crippen molar-refractivity contribution in [3.05, 3.63) is 84.4 Å². The molecule has 184 valence electrons. The summed E-state index contributed by atoms with van der Waals surface area (Å²) >= 11 is 0. The molecule has 1 saturated heterocycles. The molecule has 1 heterocycles. The van der Waals surface area contributed by atoms with Gasteiger partial charge in [0.1, 0.15) is 18.1 Å². The van der Waals surface area contributed by atoms with E-state index in [2.05, 4.69) is 5.32 Å². The molecule has 0 aliphatic carbocycles. The minimum Gasteiger partial charge on any atom is -0.489 e. The Bertz CT molecular complexity index is 1230. The molecule has 0 unspecified atom stereocenters. The lowest BCUT2D eigenvalue weighted by atomic mass is 10.2. The van der Waals surface area contributed by atoms with Crippen molar-refractivity contribution >= 4 is 21.6 Å². The van der Waals surface area contributed by atoms with Gasteiger partial charge in [0, 0.05) is 18.8 Å². The predicted molar refractivity (Wildman–Crippen MR) is 132 cm³/mol. The van der Waals surface area contributed by atoms with E-state index in [1.165, 1.54) is 16.4 Å². The third-order valence-corrected chi connectivity index (χ3v) is 7.36. The zero-order valence-corrected chi connectivity index (χ0v) is 20.2. The second-order valence-electron chi connectivity index (χ2n) is 8.04. The molecule has 35 heavy (non-hydrogen) atoms. The second-order valence-corrected chi connectivity index (χ2v) is 9.98. The van der Waals surface area contributed by atoms with Gasteiger partial charge in [0.2, 0.25) is 10.0 Å². The van der Waals surface area contributed by atoms with Crippen LogP contribution >= 0.6 is 0 Å². The number of carbonyl (C=O) groups is 1. The van der Waals surface area contributed by atoms with Crippen LogP contribution in [-0.4, -0.2) is 51.0 Å². The van der Waals surface area contributed by atoms with Gasteiger partial charge in [0.15, 0.2) is 6.10 Å². The third kappa shape index (κ3) is 6.60. The first-order chi connectivity index (χ1) is 16.9. The van der Waals surface area contributed by atoms with E-state index in [-0.39, 0.29) is 4.90 Å². The Labute approximate surface area is 205 Å². The first kappa shape index (κ1) is 24.7. The fourth-order valence-corrected chi connectivity index (χ4v) is 4.98. The van der Waals surface area contributed by atoms with Crippen molar-refractivity contribution in [1.29, 1.82) is 0 Å². The summed E-state index contributed by atoms with van der Waals surface area (Å²) in [6.45, 7) is 3.43. The van der Waals surface area contributed by atoms with Crippen molar-refractivity contribution in [1.82, 2.24) is 4.31 Å². The van der Waals surface area contributed by atoms with Gasteiger partial charge in [-0.05, 0) is 55.0 Å². The quantitative estimate of drug-likeness (QED) is 0.486. The number of carbonyl (C=O) groups excluding carboxylic acids is 1. The average Bonchev–Trinajstić information content (AvgIpc) is 2.89. The highest BCUT2D eigenvalue weighted by atomic mass is 32.2. The topological polar surface area (TPSA) is 94.2 Å². The number of nitrogens with zero attached hydrogens (tertiary/aromatic N) is 1. The van der Waals surface area contributed by atoms with Crippen molar-refractivity contribution in [2.75, 3.05) is 31.6 Å². The summed E-state index contributed by atoms with van der Waals surface area (Å²) in [7, 11) is -3.66. The molecule has 1 aliphatic heterocycles. The molecule has 1 N–H and O–H groups in total. The first-order valence-corrected chi connectivity index (χ1v) is 12.8. The molecular weight excluding hydrogens is 468 g/mol.